The molecular weight excluding hydrogens is 320 g/mol. The van der Waals surface area contributed by atoms with Crippen LogP contribution in [0.3, 0.4) is 0 Å². The van der Waals surface area contributed by atoms with Crippen LogP contribution in [0.1, 0.15) is 25.0 Å². The third-order valence-corrected chi connectivity index (χ3v) is 3.94. The smallest absolute Gasteiger partial charge is 0.331 e. The number of carbonyl (C=O) groups excluding carboxylic acids is 1. The Morgan fingerprint density at radius 2 is 1.88 bits per heavy atom. The van der Waals surface area contributed by atoms with Gasteiger partial charge in [0.15, 0.2) is 0 Å². The van der Waals surface area contributed by atoms with Crippen molar-refractivity contribution in [2.45, 2.75) is 33.5 Å². The van der Waals surface area contributed by atoms with Gasteiger partial charge in [-0.25, -0.2) is 9.36 Å². The summed E-state index contributed by atoms with van der Waals surface area (Å²) in [5.74, 6) is -0.344. The van der Waals surface area contributed by atoms with E-state index in [1.165, 1.54) is 10.8 Å². The molecule has 1 aromatic carbocycles. The van der Waals surface area contributed by atoms with Gasteiger partial charge >= 0.3 is 5.69 Å². The maximum absolute atomic E-state index is 12.6. The molecule has 0 saturated heterocycles. The van der Waals surface area contributed by atoms with Crippen molar-refractivity contribution in [2.75, 3.05) is 6.54 Å². The molecule has 7 heteroatoms. The van der Waals surface area contributed by atoms with Gasteiger partial charge in [-0.2, -0.15) is 5.26 Å². The zero-order chi connectivity index (χ0) is 18.4. The Morgan fingerprint density at radius 1 is 1.20 bits per heavy atom. The van der Waals surface area contributed by atoms with Gasteiger partial charge in [-0.3, -0.25) is 14.2 Å². The van der Waals surface area contributed by atoms with E-state index in [1.54, 1.807) is 17.9 Å². The Labute approximate surface area is 145 Å². The number of likely N-dealkylation sites (N-methyl/N-ethyl adjacent to an activating group) is 1. The summed E-state index contributed by atoms with van der Waals surface area (Å²) in [6.45, 7) is 4.33. The van der Waals surface area contributed by atoms with Crippen LogP contribution in [-0.2, 0) is 24.4 Å². The molecule has 2 rings (SSSR count). The Balaban J connectivity index is 2.32. The van der Waals surface area contributed by atoms with E-state index in [0.717, 1.165) is 10.1 Å². The first kappa shape index (κ1) is 18.2. The van der Waals surface area contributed by atoms with Crippen LogP contribution in [0.25, 0.3) is 0 Å². The molecule has 0 radical (unpaired) electrons. The van der Waals surface area contributed by atoms with Crippen molar-refractivity contribution >= 4 is 5.91 Å². The van der Waals surface area contributed by atoms with Gasteiger partial charge in [0.05, 0.1) is 0 Å². The quantitative estimate of drug-likeness (QED) is 0.783. The summed E-state index contributed by atoms with van der Waals surface area (Å²) < 4.78 is 2.08. The Hall–Kier alpha value is -3.14. The first-order valence-electron chi connectivity index (χ1n) is 8.07. The number of hydrogen-bond acceptors (Lipinski definition) is 4. The molecule has 7 nitrogen and oxygen atoms in total. The van der Waals surface area contributed by atoms with Crippen LogP contribution in [-0.4, -0.2) is 26.5 Å². The molecule has 1 amide bonds. The van der Waals surface area contributed by atoms with Crippen molar-refractivity contribution in [3.63, 3.8) is 0 Å². The number of hydrogen-bond donors (Lipinski definition) is 0. The van der Waals surface area contributed by atoms with Crippen LogP contribution in [0.15, 0.2) is 46.1 Å². The lowest BCUT2D eigenvalue weighted by molar-refractivity contribution is -0.132. The standard InChI is InChI=1S/C18H20N4O3/c1-3-20(11-14-8-6-5-7-9-14)16(23)13-22-17(24)15(10-19)12-21(4-2)18(22)25/h5-9,12H,3-4,11,13H2,1-2H3. The fraction of sp³-hybridized carbons (Fsp3) is 0.333. The summed E-state index contributed by atoms with van der Waals surface area (Å²) in [4.78, 5) is 38.7. The normalized spacial score (nSPS) is 10.3. The summed E-state index contributed by atoms with van der Waals surface area (Å²) in [6.07, 6.45) is 1.23. The van der Waals surface area contributed by atoms with Gasteiger partial charge in [0, 0.05) is 25.8 Å². The van der Waals surface area contributed by atoms with Crippen molar-refractivity contribution < 1.29 is 4.79 Å². The molecule has 25 heavy (non-hydrogen) atoms. The van der Waals surface area contributed by atoms with Crippen molar-refractivity contribution in [1.29, 1.82) is 5.26 Å². The topological polar surface area (TPSA) is 88.1 Å². The van der Waals surface area contributed by atoms with E-state index in [9.17, 15) is 14.4 Å². The lowest BCUT2D eigenvalue weighted by Gasteiger charge is -2.21. The molecule has 0 saturated carbocycles. The number of rotatable bonds is 6. The minimum absolute atomic E-state index is 0.152. The van der Waals surface area contributed by atoms with E-state index >= 15 is 0 Å². The summed E-state index contributed by atoms with van der Waals surface area (Å²) in [5.41, 5.74) is -0.515. The lowest BCUT2D eigenvalue weighted by atomic mass is 10.2. The average molecular weight is 340 g/mol. The molecule has 0 aliphatic carbocycles. The van der Waals surface area contributed by atoms with E-state index in [0.29, 0.717) is 19.6 Å². The van der Waals surface area contributed by atoms with Crippen molar-refractivity contribution in [2.24, 2.45) is 0 Å². The fourth-order valence-electron chi connectivity index (χ4n) is 2.51. The first-order chi connectivity index (χ1) is 12.0. The highest BCUT2D eigenvalue weighted by Gasteiger charge is 2.17. The van der Waals surface area contributed by atoms with Crippen LogP contribution >= 0.6 is 0 Å². The molecule has 0 atom stereocenters. The number of nitriles is 1. The second kappa shape index (κ2) is 8.11. The number of nitrogens with zero attached hydrogens (tertiary/aromatic N) is 4. The summed E-state index contributed by atoms with van der Waals surface area (Å²) in [6, 6.07) is 11.2. The molecule has 0 aliphatic heterocycles. The van der Waals surface area contributed by atoms with Crippen LogP contribution in [0.2, 0.25) is 0 Å². The van der Waals surface area contributed by atoms with Gasteiger partial charge in [0.25, 0.3) is 5.56 Å². The number of amides is 1. The zero-order valence-corrected chi connectivity index (χ0v) is 14.3. The molecule has 0 fully saturated rings. The second-order valence-electron chi connectivity index (χ2n) is 5.51. The minimum atomic E-state index is -0.735. The van der Waals surface area contributed by atoms with Crippen LogP contribution in [0.5, 0.6) is 0 Å². The summed E-state index contributed by atoms with van der Waals surface area (Å²) in [5, 5.41) is 9.06. The number of benzene rings is 1. The molecule has 130 valence electrons. The van der Waals surface area contributed by atoms with Crippen molar-refractivity contribution in [1.82, 2.24) is 14.0 Å². The van der Waals surface area contributed by atoms with Gasteiger partial charge in [-0.1, -0.05) is 30.3 Å². The molecule has 1 aromatic heterocycles. The van der Waals surface area contributed by atoms with Crippen molar-refractivity contribution in [3.8, 4) is 6.07 Å². The molecule has 0 N–H and O–H groups in total. The van der Waals surface area contributed by atoms with Gasteiger partial charge in [0.2, 0.25) is 5.91 Å². The van der Waals surface area contributed by atoms with Gasteiger partial charge < -0.3 is 4.90 Å². The predicted molar refractivity (Wildman–Crippen MR) is 92.9 cm³/mol. The van der Waals surface area contributed by atoms with E-state index in [4.69, 9.17) is 5.26 Å². The Morgan fingerprint density at radius 3 is 2.44 bits per heavy atom. The van der Waals surface area contributed by atoms with E-state index in [1.807, 2.05) is 37.3 Å². The molecule has 0 bridgehead atoms. The number of carbonyl (C=O) groups is 1. The number of aromatic nitrogens is 2. The predicted octanol–water partition coefficient (Wildman–Crippen LogP) is 0.950. The second-order valence-corrected chi connectivity index (χ2v) is 5.51. The fourth-order valence-corrected chi connectivity index (χ4v) is 2.51. The highest BCUT2D eigenvalue weighted by atomic mass is 16.2. The Bertz CT molecular complexity index is 907. The SMILES string of the molecule is CCN(Cc1ccccc1)C(=O)Cn1c(=O)c(C#N)cn(CC)c1=O. The molecule has 1 heterocycles. The van der Waals surface area contributed by atoms with Gasteiger partial charge in [0.1, 0.15) is 18.2 Å². The molecule has 2 aromatic rings. The third-order valence-electron chi connectivity index (χ3n) is 3.94. The monoisotopic (exact) mass is 340 g/mol. The van der Waals surface area contributed by atoms with Crippen molar-refractivity contribution in [3.05, 3.63) is 68.5 Å². The number of aryl methyl sites for hydroxylation is 1. The van der Waals surface area contributed by atoms with Gasteiger partial charge in [-0.05, 0) is 19.4 Å². The highest BCUT2D eigenvalue weighted by Crippen LogP contribution is 2.05. The zero-order valence-electron chi connectivity index (χ0n) is 14.3. The summed E-state index contributed by atoms with van der Waals surface area (Å²) >= 11 is 0. The molecule has 0 unspecified atom stereocenters. The maximum Gasteiger partial charge on any atom is 0.331 e. The van der Waals surface area contributed by atoms with Crippen LogP contribution in [0, 0.1) is 11.3 Å². The first-order valence-corrected chi connectivity index (χ1v) is 8.07. The van der Waals surface area contributed by atoms with E-state index < -0.39 is 11.2 Å². The molecule has 0 aliphatic rings. The highest BCUT2D eigenvalue weighted by molar-refractivity contribution is 5.76. The summed E-state index contributed by atoms with van der Waals surface area (Å²) in [7, 11) is 0. The lowest BCUT2D eigenvalue weighted by Crippen LogP contribution is -2.45. The largest absolute Gasteiger partial charge is 0.337 e. The molecular formula is C18H20N4O3. The van der Waals surface area contributed by atoms with Crippen LogP contribution < -0.4 is 11.2 Å². The van der Waals surface area contributed by atoms with E-state index in [-0.39, 0.29) is 18.0 Å². The third kappa shape index (κ3) is 4.04. The van der Waals surface area contributed by atoms with Crippen LogP contribution in [0.4, 0.5) is 0 Å². The van der Waals surface area contributed by atoms with Gasteiger partial charge in [-0.15, -0.1) is 0 Å². The maximum atomic E-state index is 12.6. The van der Waals surface area contributed by atoms with E-state index in [2.05, 4.69) is 0 Å². The Kier molecular flexibility index (Phi) is 5.90. The minimum Gasteiger partial charge on any atom is -0.337 e. The molecule has 0 spiro atoms. The average Bonchev–Trinajstić information content (AvgIpc) is 2.64.